The third-order valence-electron chi connectivity index (χ3n) is 4.15. The molecule has 21 heavy (non-hydrogen) atoms. The molecule has 1 aliphatic carbocycles. The van der Waals surface area contributed by atoms with E-state index in [0.29, 0.717) is 18.5 Å². The zero-order valence-corrected chi connectivity index (χ0v) is 11.4. The van der Waals surface area contributed by atoms with E-state index in [-0.39, 0.29) is 17.8 Å². The van der Waals surface area contributed by atoms with Gasteiger partial charge in [-0.05, 0) is 42.7 Å². The zero-order valence-electron chi connectivity index (χ0n) is 11.4. The van der Waals surface area contributed by atoms with Gasteiger partial charge < -0.3 is 5.73 Å². The summed E-state index contributed by atoms with van der Waals surface area (Å²) in [5.41, 5.74) is 6.40. The summed E-state index contributed by atoms with van der Waals surface area (Å²) in [5.74, 6) is -1.48. The first-order valence-corrected chi connectivity index (χ1v) is 6.85. The minimum absolute atomic E-state index is 0.142. The molecule has 2 aromatic rings. The van der Waals surface area contributed by atoms with Gasteiger partial charge >= 0.3 is 0 Å². The molecule has 0 aromatic heterocycles. The predicted octanol–water partition coefficient (Wildman–Crippen LogP) is 3.39. The predicted molar refractivity (Wildman–Crippen MR) is 76.8 cm³/mol. The van der Waals surface area contributed by atoms with Crippen molar-refractivity contribution in [3.63, 3.8) is 0 Å². The van der Waals surface area contributed by atoms with Crippen molar-refractivity contribution in [3.05, 3.63) is 65.2 Å². The summed E-state index contributed by atoms with van der Waals surface area (Å²) in [4.78, 5) is 12.5. The summed E-state index contributed by atoms with van der Waals surface area (Å²) in [6, 6.07) is 10.8. The summed E-state index contributed by atoms with van der Waals surface area (Å²) in [5, 5.41) is 0. The Labute approximate surface area is 121 Å². The second kappa shape index (κ2) is 4.95. The monoisotopic (exact) mass is 287 g/mol. The summed E-state index contributed by atoms with van der Waals surface area (Å²) >= 11 is 0. The molecule has 1 fully saturated rings. The van der Waals surface area contributed by atoms with E-state index in [1.54, 1.807) is 12.1 Å². The standard InChI is InChI=1S/C17H15F2NO/c18-14-2-1-3-15(19)13(14)10-16(21)17(8-9-17)11-4-6-12(20)7-5-11/h1-7H,8-10,20H2. The van der Waals surface area contributed by atoms with Crippen LogP contribution in [0.3, 0.4) is 0 Å². The molecule has 0 unspecified atom stereocenters. The molecule has 0 amide bonds. The smallest absolute Gasteiger partial charge is 0.147 e. The minimum atomic E-state index is -0.670. The Hall–Kier alpha value is -2.23. The molecule has 0 radical (unpaired) electrons. The van der Waals surface area contributed by atoms with Gasteiger partial charge in [-0.3, -0.25) is 4.79 Å². The average Bonchev–Trinajstić information content (AvgIpc) is 3.25. The first-order valence-electron chi connectivity index (χ1n) is 6.85. The molecular formula is C17H15F2NO. The third-order valence-corrected chi connectivity index (χ3v) is 4.15. The first kappa shape index (κ1) is 13.7. The molecule has 0 heterocycles. The molecule has 1 aliphatic rings. The van der Waals surface area contributed by atoms with Crippen LogP contribution in [0.2, 0.25) is 0 Å². The van der Waals surface area contributed by atoms with Gasteiger partial charge in [-0.25, -0.2) is 8.78 Å². The lowest BCUT2D eigenvalue weighted by atomic mass is 9.87. The number of anilines is 1. The van der Waals surface area contributed by atoms with Gasteiger partial charge in [0.05, 0.1) is 5.41 Å². The van der Waals surface area contributed by atoms with Crippen LogP contribution in [0.25, 0.3) is 0 Å². The van der Waals surface area contributed by atoms with Crippen LogP contribution in [0.15, 0.2) is 42.5 Å². The van der Waals surface area contributed by atoms with E-state index in [0.717, 1.165) is 5.56 Å². The van der Waals surface area contributed by atoms with Crippen molar-refractivity contribution in [2.45, 2.75) is 24.7 Å². The van der Waals surface area contributed by atoms with Gasteiger partial charge in [0.2, 0.25) is 0 Å². The van der Waals surface area contributed by atoms with Crippen LogP contribution >= 0.6 is 0 Å². The molecule has 1 saturated carbocycles. The zero-order chi connectivity index (χ0) is 15.0. The Morgan fingerprint density at radius 1 is 1.05 bits per heavy atom. The van der Waals surface area contributed by atoms with Crippen LogP contribution in [-0.2, 0) is 16.6 Å². The summed E-state index contributed by atoms with van der Waals surface area (Å²) < 4.78 is 27.3. The number of carbonyl (C=O) groups is 1. The molecule has 0 spiro atoms. The van der Waals surface area contributed by atoms with Gasteiger partial charge in [-0.1, -0.05) is 18.2 Å². The second-order valence-electron chi connectivity index (χ2n) is 5.50. The fourth-order valence-corrected chi connectivity index (χ4v) is 2.69. The number of nitrogen functional groups attached to an aromatic ring is 1. The second-order valence-corrected chi connectivity index (χ2v) is 5.50. The van der Waals surface area contributed by atoms with Gasteiger partial charge in [-0.2, -0.15) is 0 Å². The van der Waals surface area contributed by atoms with Crippen LogP contribution in [-0.4, -0.2) is 5.78 Å². The molecule has 3 rings (SSSR count). The molecule has 108 valence electrons. The lowest BCUT2D eigenvalue weighted by Crippen LogP contribution is -2.23. The number of hydrogen-bond acceptors (Lipinski definition) is 2. The molecule has 2 nitrogen and oxygen atoms in total. The highest BCUT2D eigenvalue weighted by Gasteiger charge is 2.50. The van der Waals surface area contributed by atoms with Crippen LogP contribution in [0, 0.1) is 11.6 Å². The quantitative estimate of drug-likeness (QED) is 0.876. The van der Waals surface area contributed by atoms with Crippen molar-refractivity contribution >= 4 is 11.5 Å². The van der Waals surface area contributed by atoms with Gasteiger partial charge in [0.1, 0.15) is 17.4 Å². The molecule has 0 bridgehead atoms. The topological polar surface area (TPSA) is 43.1 Å². The summed E-state index contributed by atoms with van der Waals surface area (Å²) in [7, 11) is 0. The number of hydrogen-bond donors (Lipinski definition) is 1. The average molecular weight is 287 g/mol. The molecule has 0 saturated heterocycles. The van der Waals surface area contributed by atoms with Crippen molar-refractivity contribution < 1.29 is 13.6 Å². The van der Waals surface area contributed by atoms with Crippen LogP contribution in [0.1, 0.15) is 24.0 Å². The molecule has 2 N–H and O–H groups in total. The van der Waals surface area contributed by atoms with E-state index >= 15 is 0 Å². The Balaban J connectivity index is 1.87. The van der Waals surface area contributed by atoms with Crippen molar-refractivity contribution in [2.75, 3.05) is 5.73 Å². The molecule has 4 heteroatoms. The van der Waals surface area contributed by atoms with Crippen molar-refractivity contribution in [1.82, 2.24) is 0 Å². The van der Waals surface area contributed by atoms with E-state index in [4.69, 9.17) is 5.73 Å². The SMILES string of the molecule is Nc1ccc(C2(C(=O)Cc3c(F)cccc3F)CC2)cc1. The van der Waals surface area contributed by atoms with Crippen molar-refractivity contribution in [2.24, 2.45) is 0 Å². The number of nitrogens with two attached hydrogens (primary N) is 1. The molecule has 2 aromatic carbocycles. The van der Waals surface area contributed by atoms with E-state index < -0.39 is 17.0 Å². The minimum Gasteiger partial charge on any atom is -0.399 e. The molecule has 0 aliphatic heterocycles. The van der Waals surface area contributed by atoms with E-state index in [1.165, 1.54) is 18.2 Å². The number of Topliss-reactive ketones (excluding diaryl/α,β-unsaturated/α-hetero) is 1. The van der Waals surface area contributed by atoms with Gasteiger partial charge in [0.15, 0.2) is 0 Å². The largest absolute Gasteiger partial charge is 0.399 e. The van der Waals surface area contributed by atoms with Gasteiger partial charge in [0, 0.05) is 17.7 Å². The molecule has 0 atom stereocenters. The van der Waals surface area contributed by atoms with Crippen molar-refractivity contribution in [1.29, 1.82) is 0 Å². The Kier molecular flexibility index (Phi) is 3.24. The van der Waals surface area contributed by atoms with Crippen LogP contribution < -0.4 is 5.73 Å². The normalized spacial score (nSPS) is 15.7. The Morgan fingerprint density at radius 2 is 1.62 bits per heavy atom. The molecular weight excluding hydrogens is 272 g/mol. The van der Waals surface area contributed by atoms with Crippen LogP contribution in [0.5, 0.6) is 0 Å². The van der Waals surface area contributed by atoms with Gasteiger partial charge in [0.25, 0.3) is 0 Å². The number of carbonyl (C=O) groups excluding carboxylic acids is 1. The maximum Gasteiger partial charge on any atom is 0.147 e. The van der Waals surface area contributed by atoms with E-state index in [9.17, 15) is 13.6 Å². The third kappa shape index (κ3) is 2.42. The van der Waals surface area contributed by atoms with Crippen LogP contribution in [0.4, 0.5) is 14.5 Å². The van der Waals surface area contributed by atoms with E-state index in [2.05, 4.69) is 0 Å². The van der Waals surface area contributed by atoms with E-state index in [1.807, 2.05) is 12.1 Å². The Morgan fingerprint density at radius 3 is 2.14 bits per heavy atom. The maximum absolute atomic E-state index is 13.7. The van der Waals surface area contributed by atoms with Gasteiger partial charge in [-0.15, -0.1) is 0 Å². The number of benzene rings is 2. The lowest BCUT2D eigenvalue weighted by Gasteiger charge is -2.15. The number of ketones is 1. The highest BCUT2D eigenvalue weighted by Crippen LogP contribution is 2.49. The highest BCUT2D eigenvalue weighted by atomic mass is 19.1. The number of rotatable bonds is 4. The fourth-order valence-electron chi connectivity index (χ4n) is 2.69. The fraction of sp³-hybridized carbons (Fsp3) is 0.235. The number of halogens is 2. The summed E-state index contributed by atoms with van der Waals surface area (Å²) in [6.07, 6.45) is 1.21. The Bertz CT molecular complexity index is 670. The maximum atomic E-state index is 13.7. The van der Waals surface area contributed by atoms with Crippen molar-refractivity contribution in [3.8, 4) is 0 Å². The summed E-state index contributed by atoms with van der Waals surface area (Å²) in [6.45, 7) is 0. The first-order chi connectivity index (χ1) is 10.0. The lowest BCUT2D eigenvalue weighted by molar-refractivity contribution is -0.120. The highest BCUT2D eigenvalue weighted by molar-refractivity contribution is 5.94.